The molecule has 1 amide bonds. The third-order valence-corrected chi connectivity index (χ3v) is 4.59. The molecule has 1 aliphatic rings. The van der Waals surface area contributed by atoms with Gasteiger partial charge in [0, 0.05) is 38.6 Å². The van der Waals surface area contributed by atoms with Crippen LogP contribution in [0.2, 0.25) is 0 Å². The van der Waals surface area contributed by atoms with Crippen molar-refractivity contribution >= 4 is 22.8 Å². The second-order valence-corrected chi connectivity index (χ2v) is 7.26. The Kier molecular flexibility index (Phi) is 5.44. The summed E-state index contributed by atoms with van der Waals surface area (Å²) in [6, 6.07) is 8.85. The van der Waals surface area contributed by atoms with Crippen molar-refractivity contribution in [2.45, 2.75) is 32.4 Å². The normalized spacial score (nSPS) is 18.0. The number of likely N-dealkylation sites (tertiary alicyclic amines) is 1. The summed E-state index contributed by atoms with van der Waals surface area (Å²) in [7, 11) is 3.50. The number of para-hydroxylation sites is 1. The molecule has 0 spiro atoms. The fourth-order valence-electron chi connectivity index (χ4n) is 3.20. The number of aliphatic imine (C=N–C) groups is 1. The molecule has 0 radical (unpaired) electrons. The summed E-state index contributed by atoms with van der Waals surface area (Å²) in [4.78, 5) is 20.3. The van der Waals surface area contributed by atoms with Crippen molar-refractivity contribution in [3.8, 4) is 0 Å². The van der Waals surface area contributed by atoms with E-state index in [1.807, 2.05) is 18.3 Å². The van der Waals surface area contributed by atoms with E-state index in [2.05, 4.69) is 51.0 Å². The lowest BCUT2D eigenvalue weighted by Gasteiger charge is -2.24. The number of benzene rings is 1. The highest BCUT2D eigenvalue weighted by molar-refractivity contribution is 5.85. The molecule has 7 nitrogen and oxygen atoms in total. The van der Waals surface area contributed by atoms with Crippen LogP contribution in [0.25, 0.3) is 10.9 Å². The van der Waals surface area contributed by atoms with Crippen LogP contribution in [0, 0.1) is 0 Å². The average molecular weight is 356 g/mol. The minimum absolute atomic E-state index is 0.00173. The second-order valence-electron chi connectivity index (χ2n) is 7.26. The van der Waals surface area contributed by atoms with Crippen LogP contribution in [0.5, 0.6) is 0 Å². The molecule has 0 saturated carbocycles. The molecule has 1 fully saturated rings. The number of fused-ring (bicyclic) bond motifs is 1. The van der Waals surface area contributed by atoms with Gasteiger partial charge >= 0.3 is 0 Å². The molecular formula is C19H28N6O. The topological polar surface area (TPSA) is 65.8 Å². The molecule has 3 rings (SSSR count). The summed E-state index contributed by atoms with van der Waals surface area (Å²) in [5.41, 5.74) is 1.16. The number of carbonyl (C=O) groups excluding carboxylic acids is 1. The molecule has 1 aromatic carbocycles. The Labute approximate surface area is 154 Å². The highest BCUT2D eigenvalue weighted by atomic mass is 16.2. The highest BCUT2D eigenvalue weighted by Gasteiger charge is 2.28. The predicted molar refractivity (Wildman–Crippen MR) is 104 cm³/mol. The van der Waals surface area contributed by atoms with Gasteiger partial charge < -0.3 is 15.1 Å². The van der Waals surface area contributed by atoms with E-state index in [1.165, 1.54) is 0 Å². The van der Waals surface area contributed by atoms with Gasteiger partial charge in [0.25, 0.3) is 0 Å². The first kappa shape index (κ1) is 18.2. The Morgan fingerprint density at radius 3 is 2.88 bits per heavy atom. The Morgan fingerprint density at radius 2 is 2.15 bits per heavy atom. The van der Waals surface area contributed by atoms with Crippen molar-refractivity contribution in [1.29, 1.82) is 0 Å². The Bertz CT molecular complexity index is 794. The van der Waals surface area contributed by atoms with Crippen LogP contribution < -0.4 is 5.32 Å². The molecule has 1 unspecified atom stereocenters. The number of hydrogen-bond acceptors (Lipinski definition) is 3. The number of likely N-dealkylation sites (N-methyl/N-ethyl adjacent to an activating group) is 1. The van der Waals surface area contributed by atoms with Crippen LogP contribution in [0.1, 0.15) is 26.3 Å². The number of amides is 1. The number of nitrogens with zero attached hydrogens (tertiary/aromatic N) is 5. The number of carbonyl (C=O) groups is 1. The molecule has 2 aromatic rings. The Morgan fingerprint density at radius 1 is 1.38 bits per heavy atom. The Balaban J connectivity index is 1.75. The second kappa shape index (κ2) is 7.76. The Hall–Kier alpha value is -2.57. The van der Waals surface area contributed by atoms with E-state index in [9.17, 15) is 4.79 Å². The van der Waals surface area contributed by atoms with Gasteiger partial charge in [-0.3, -0.25) is 9.48 Å². The molecule has 1 atom stereocenters. The van der Waals surface area contributed by atoms with E-state index in [-0.39, 0.29) is 18.5 Å². The van der Waals surface area contributed by atoms with E-state index < -0.39 is 0 Å². The number of hydrogen-bond donors (Lipinski definition) is 1. The minimum atomic E-state index is 0.00173. The van der Waals surface area contributed by atoms with Crippen LogP contribution >= 0.6 is 0 Å². The number of aromatic nitrogens is 2. The number of guanidine groups is 1. The molecule has 1 aromatic heterocycles. The highest BCUT2D eigenvalue weighted by Crippen LogP contribution is 2.25. The van der Waals surface area contributed by atoms with Gasteiger partial charge in [0.15, 0.2) is 5.96 Å². The molecule has 1 aliphatic heterocycles. The van der Waals surface area contributed by atoms with Crippen LogP contribution in [0.15, 0.2) is 35.5 Å². The lowest BCUT2D eigenvalue weighted by molar-refractivity contribution is -0.127. The SMILES string of the molecule is CC(C)NC(=NCC(=O)N(C)C)N1CCC(n2ncc3ccccc32)C1. The standard InChI is InChI=1S/C19H28N6O/c1-14(2)22-19(20-12-18(26)23(3)4)24-10-9-16(13-24)25-17-8-6-5-7-15(17)11-21-25/h5-8,11,14,16H,9-10,12-13H2,1-4H3,(H,20,22). The molecule has 1 saturated heterocycles. The van der Waals surface area contributed by atoms with Gasteiger partial charge in [-0.1, -0.05) is 18.2 Å². The summed E-state index contributed by atoms with van der Waals surface area (Å²) in [5, 5.41) is 9.16. The van der Waals surface area contributed by atoms with Crippen molar-refractivity contribution in [3.05, 3.63) is 30.5 Å². The van der Waals surface area contributed by atoms with Crippen molar-refractivity contribution in [3.63, 3.8) is 0 Å². The van der Waals surface area contributed by atoms with Gasteiger partial charge in [0.05, 0.1) is 17.8 Å². The zero-order valence-corrected chi connectivity index (χ0v) is 16.0. The smallest absolute Gasteiger partial charge is 0.243 e. The summed E-state index contributed by atoms with van der Waals surface area (Å²) < 4.78 is 2.12. The number of nitrogens with one attached hydrogen (secondary N) is 1. The monoisotopic (exact) mass is 356 g/mol. The van der Waals surface area contributed by atoms with Crippen molar-refractivity contribution in [2.75, 3.05) is 33.7 Å². The van der Waals surface area contributed by atoms with Crippen molar-refractivity contribution in [1.82, 2.24) is 24.9 Å². The minimum Gasteiger partial charge on any atom is -0.354 e. The molecule has 140 valence electrons. The number of rotatable bonds is 4. The molecular weight excluding hydrogens is 328 g/mol. The largest absolute Gasteiger partial charge is 0.354 e. The van der Waals surface area contributed by atoms with E-state index in [4.69, 9.17) is 0 Å². The molecule has 0 bridgehead atoms. The molecule has 1 N–H and O–H groups in total. The summed E-state index contributed by atoms with van der Waals surface area (Å²) in [6.45, 7) is 6.05. The zero-order valence-electron chi connectivity index (χ0n) is 16.0. The third-order valence-electron chi connectivity index (χ3n) is 4.59. The van der Waals surface area contributed by atoms with Crippen LogP contribution in [0.3, 0.4) is 0 Å². The summed E-state index contributed by atoms with van der Waals surface area (Å²) in [5.74, 6) is 0.802. The van der Waals surface area contributed by atoms with Crippen LogP contribution in [-0.4, -0.2) is 71.2 Å². The zero-order chi connectivity index (χ0) is 18.7. The van der Waals surface area contributed by atoms with Gasteiger partial charge in [0.2, 0.25) is 5.91 Å². The third kappa shape index (κ3) is 3.98. The molecule has 7 heteroatoms. The van der Waals surface area contributed by atoms with Gasteiger partial charge in [-0.25, -0.2) is 4.99 Å². The van der Waals surface area contributed by atoms with Crippen molar-refractivity contribution in [2.24, 2.45) is 4.99 Å². The average Bonchev–Trinajstić information content (AvgIpc) is 3.24. The van der Waals surface area contributed by atoms with Gasteiger partial charge in [-0.2, -0.15) is 5.10 Å². The van der Waals surface area contributed by atoms with E-state index in [0.717, 1.165) is 36.4 Å². The molecule has 0 aliphatic carbocycles. The van der Waals surface area contributed by atoms with Gasteiger partial charge in [0.1, 0.15) is 6.54 Å². The van der Waals surface area contributed by atoms with Crippen LogP contribution in [0.4, 0.5) is 0 Å². The van der Waals surface area contributed by atoms with Gasteiger partial charge in [-0.15, -0.1) is 0 Å². The molecule has 26 heavy (non-hydrogen) atoms. The van der Waals surface area contributed by atoms with Crippen molar-refractivity contribution < 1.29 is 4.79 Å². The maximum Gasteiger partial charge on any atom is 0.243 e. The first-order valence-electron chi connectivity index (χ1n) is 9.14. The lowest BCUT2D eigenvalue weighted by atomic mass is 10.2. The summed E-state index contributed by atoms with van der Waals surface area (Å²) >= 11 is 0. The first-order chi connectivity index (χ1) is 12.5. The van der Waals surface area contributed by atoms with Crippen LogP contribution in [-0.2, 0) is 4.79 Å². The predicted octanol–water partition coefficient (Wildman–Crippen LogP) is 1.73. The van der Waals surface area contributed by atoms with E-state index in [1.54, 1.807) is 19.0 Å². The fourth-order valence-corrected chi connectivity index (χ4v) is 3.20. The quantitative estimate of drug-likeness (QED) is 0.669. The fraction of sp³-hybridized carbons (Fsp3) is 0.526. The maximum atomic E-state index is 11.9. The first-order valence-corrected chi connectivity index (χ1v) is 9.14. The van der Waals surface area contributed by atoms with E-state index >= 15 is 0 Å². The lowest BCUT2D eigenvalue weighted by Crippen LogP contribution is -2.44. The maximum absolute atomic E-state index is 11.9. The van der Waals surface area contributed by atoms with Gasteiger partial charge in [-0.05, 0) is 26.3 Å². The van der Waals surface area contributed by atoms with E-state index in [0.29, 0.717) is 6.04 Å². The summed E-state index contributed by atoms with van der Waals surface area (Å²) in [6.07, 6.45) is 2.93. The molecule has 2 heterocycles.